The van der Waals surface area contributed by atoms with E-state index in [1.807, 2.05) is 45.0 Å². The van der Waals surface area contributed by atoms with Crippen molar-refractivity contribution in [1.29, 1.82) is 0 Å². The van der Waals surface area contributed by atoms with Crippen molar-refractivity contribution < 1.29 is 23.9 Å². The van der Waals surface area contributed by atoms with Crippen LogP contribution in [0.5, 0.6) is 11.5 Å². The van der Waals surface area contributed by atoms with E-state index in [0.29, 0.717) is 30.2 Å². The smallest absolute Gasteiger partial charge is 0.329 e. The fourth-order valence-electron chi connectivity index (χ4n) is 2.57. The second-order valence-electron chi connectivity index (χ2n) is 6.75. The summed E-state index contributed by atoms with van der Waals surface area (Å²) in [5.74, 6) is -1.07. The van der Waals surface area contributed by atoms with Crippen molar-refractivity contribution in [2.45, 2.75) is 27.2 Å². The minimum absolute atomic E-state index is 0.190. The molecule has 9 nitrogen and oxygen atoms in total. The van der Waals surface area contributed by atoms with Crippen LogP contribution in [0.4, 0.5) is 5.69 Å². The molecule has 0 fully saturated rings. The zero-order valence-corrected chi connectivity index (χ0v) is 18.4. The molecule has 170 valence electrons. The number of hydrazone groups is 1. The largest absolute Gasteiger partial charge is 0.490 e. The predicted molar refractivity (Wildman–Crippen MR) is 122 cm³/mol. The predicted octanol–water partition coefficient (Wildman–Crippen LogP) is 2.39. The minimum atomic E-state index is -0.848. The van der Waals surface area contributed by atoms with Crippen LogP contribution in [-0.4, -0.2) is 43.7 Å². The summed E-state index contributed by atoms with van der Waals surface area (Å²) in [4.78, 5) is 35.4. The molecular weight excluding hydrogens is 412 g/mol. The lowest BCUT2D eigenvalue weighted by Crippen LogP contribution is -2.38. The van der Waals surface area contributed by atoms with Gasteiger partial charge in [0.25, 0.3) is 5.91 Å². The van der Waals surface area contributed by atoms with Crippen molar-refractivity contribution in [3.8, 4) is 11.5 Å². The summed E-state index contributed by atoms with van der Waals surface area (Å²) >= 11 is 0. The summed E-state index contributed by atoms with van der Waals surface area (Å²) in [6.07, 6.45) is 2.10. The Balaban J connectivity index is 1.96. The number of anilines is 1. The number of carbonyl (C=O) groups excluding carboxylic acids is 3. The molecule has 32 heavy (non-hydrogen) atoms. The van der Waals surface area contributed by atoms with E-state index in [0.717, 1.165) is 17.7 Å². The number of ether oxygens (including phenoxy) is 2. The van der Waals surface area contributed by atoms with Crippen LogP contribution >= 0.6 is 0 Å². The standard InChI is InChI=1S/C23H28N4O5/c1-4-12-24-22(29)23(30)27-25-14-17-10-11-19(20(13-17)31-5-2)32-15-21(28)26-18-9-7-6-8-16(18)3/h6-11,13-14H,4-5,12,15H2,1-3H3,(H,24,29)(H,26,28)(H,27,30)/b25-14-. The maximum absolute atomic E-state index is 12.2. The van der Waals surface area contributed by atoms with E-state index >= 15 is 0 Å². The van der Waals surface area contributed by atoms with Crippen molar-refractivity contribution in [3.05, 3.63) is 53.6 Å². The Labute approximate surface area is 187 Å². The quantitative estimate of drug-likeness (QED) is 0.298. The van der Waals surface area contributed by atoms with Gasteiger partial charge in [0.2, 0.25) is 0 Å². The number of para-hydroxylation sites is 1. The van der Waals surface area contributed by atoms with Gasteiger partial charge in [0.15, 0.2) is 18.1 Å². The van der Waals surface area contributed by atoms with Gasteiger partial charge in [-0.25, -0.2) is 5.43 Å². The number of benzene rings is 2. The average Bonchev–Trinajstić information content (AvgIpc) is 2.78. The number of aryl methyl sites for hydroxylation is 1. The lowest BCUT2D eigenvalue weighted by Gasteiger charge is -2.13. The number of carbonyl (C=O) groups is 3. The van der Waals surface area contributed by atoms with Crippen LogP contribution in [-0.2, 0) is 14.4 Å². The normalized spacial score (nSPS) is 10.5. The molecule has 0 radical (unpaired) electrons. The lowest BCUT2D eigenvalue weighted by atomic mass is 10.2. The van der Waals surface area contributed by atoms with Crippen molar-refractivity contribution in [1.82, 2.24) is 10.7 Å². The molecule has 0 aliphatic carbocycles. The molecule has 0 saturated heterocycles. The number of rotatable bonds is 10. The van der Waals surface area contributed by atoms with Gasteiger partial charge in [-0.2, -0.15) is 5.10 Å². The second-order valence-corrected chi connectivity index (χ2v) is 6.75. The van der Waals surface area contributed by atoms with Gasteiger partial charge < -0.3 is 20.1 Å². The number of hydrogen-bond donors (Lipinski definition) is 3. The maximum Gasteiger partial charge on any atom is 0.329 e. The third-order valence-electron chi connectivity index (χ3n) is 4.17. The third kappa shape index (κ3) is 7.75. The Bertz CT molecular complexity index is 975. The summed E-state index contributed by atoms with van der Waals surface area (Å²) < 4.78 is 11.2. The fraction of sp³-hybridized carbons (Fsp3) is 0.304. The first-order valence-electron chi connectivity index (χ1n) is 10.3. The zero-order chi connectivity index (χ0) is 23.3. The molecule has 0 aliphatic rings. The summed E-state index contributed by atoms with van der Waals surface area (Å²) in [7, 11) is 0. The highest BCUT2D eigenvalue weighted by atomic mass is 16.5. The Hall–Kier alpha value is -3.88. The first-order chi connectivity index (χ1) is 15.4. The van der Waals surface area contributed by atoms with Crippen molar-refractivity contribution in [3.63, 3.8) is 0 Å². The molecule has 0 spiro atoms. The summed E-state index contributed by atoms with van der Waals surface area (Å²) in [5.41, 5.74) is 4.46. The molecule has 3 N–H and O–H groups in total. The van der Waals surface area contributed by atoms with Gasteiger partial charge in [-0.3, -0.25) is 14.4 Å². The molecule has 0 bridgehead atoms. The monoisotopic (exact) mass is 440 g/mol. The van der Waals surface area contributed by atoms with Gasteiger partial charge in [-0.15, -0.1) is 0 Å². The van der Waals surface area contributed by atoms with Crippen molar-refractivity contribution in [2.24, 2.45) is 5.10 Å². The van der Waals surface area contributed by atoms with Crippen LogP contribution in [0.3, 0.4) is 0 Å². The van der Waals surface area contributed by atoms with E-state index in [-0.39, 0.29) is 12.5 Å². The number of nitrogens with one attached hydrogen (secondary N) is 3. The van der Waals surface area contributed by atoms with E-state index in [2.05, 4.69) is 21.2 Å². The van der Waals surface area contributed by atoms with E-state index < -0.39 is 11.8 Å². The number of hydrogen-bond acceptors (Lipinski definition) is 6. The van der Waals surface area contributed by atoms with Crippen LogP contribution < -0.4 is 25.5 Å². The van der Waals surface area contributed by atoms with Gasteiger partial charge >= 0.3 is 11.8 Å². The first-order valence-corrected chi connectivity index (χ1v) is 10.3. The Morgan fingerprint density at radius 1 is 1.00 bits per heavy atom. The molecule has 2 rings (SSSR count). The van der Waals surface area contributed by atoms with Crippen LogP contribution in [0.15, 0.2) is 47.6 Å². The molecule has 0 atom stereocenters. The second kappa shape index (κ2) is 12.7. The number of amides is 3. The van der Waals surface area contributed by atoms with Gasteiger partial charge in [0.05, 0.1) is 12.8 Å². The molecule has 0 aliphatic heterocycles. The molecule has 0 saturated carbocycles. The van der Waals surface area contributed by atoms with Gasteiger partial charge in [-0.05, 0) is 55.7 Å². The molecule has 3 amide bonds. The molecule has 0 unspecified atom stereocenters. The minimum Gasteiger partial charge on any atom is -0.490 e. The average molecular weight is 441 g/mol. The zero-order valence-electron chi connectivity index (χ0n) is 18.4. The van der Waals surface area contributed by atoms with E-state index in [1.165, 1.54) is 6.21 Å². The lowest BCUT2D eigenvalue weighted by molar-refractivity contribution is -0.139. The maximum atomic E-state index is 12.2. The highest BCUT2D eigenvalue weighted by molar-refractivity contribution is 6.35. The topological polar surface area (TPSA) is 118 Å². The molecule has 9 heteroatoms. The van der Waals surface area contributed by atoms with Gasteiger partial charge in [0.1, 0.15) is 0 Å². The Morgan fingerprint density at radius 2 is 1.78 bits per heavy atom. The Morgan fingerprint density at radius 3 is 2.50 bits per heavy atom. The summed E-state index contributed by atoms with van der Waals surface area (Å²) in [6.45, 7) is 6.23. The van der Waals surface area contributed by atoms with Gasteiger partial charge in [0, 0.05) is 12.2 Å². The summed E-state index contributed by atoms with van der Waals surface area (Å²) in [6, 6.07) is 12.4. The molecular formula is C23H28N4O5. The van der Waals surface area contributed by atoms with Crippen LogP contribution in [0, 0.1) is 6.92 Å². The third-order valence-corrected chi connectivity index (χ3v) is 4.17. The van der Waals surface area contributed by atoms with Crippen LogP contribution in [0.1, 0.15) is 31.4 Å². The van der Waals surface area contributed by atoms with Crippen LogP contribution in [0.2, 0.25) is 0 Å². The molecule has 2 aromatic rings. The summed E-state index contributed by atoms with van der Waals surface area (Å²) in [5, 5.41) is 9.05. The van der Waals surface area contributed by atoms with Crippen molar-refractivity contribution in [2.75, 3.05) is 25.1 Å². The van der Waals surface area contributed by atoms with Crippen molar-refractivity contribution >= 4 is 29.6 Å². The highest BCUT2D eigenvalue weighted by Crippen LogP contribution is 2.28. The molecule has 0 aromatic heterocycles. The van der Waals surface area contributed by atoms with E-state index in [9.17, 15) is 14.4 Å². The highest BCUT2D eigenvalue weighted by Gasteiger charge is 2.12. The molecule has 0 heterocycles. The van der Waals surface area contributed by atoms with E-state index in [4.69, 9.17) is 9.47 Å². The van der Waals surface area contributed by atoms with Crippen LogP contribution in [0.25, 0.3) is 0 Å². The van der Waals surface area contributed by atoms with Gasteiger partial charge in [-0.1, -0.05) is 25.1 Å². The number of nitrogens with zero attached hydrogens (tertiary/aromatic N) is 1. The van der Waals surface area contributed by atoms with E-state index in [1.54, 1.807) is 18.2 Å². The SMILES string of the molecule is CCCNC(=O)C(=O)N/N=C\c1ccc(OCC(=O)Nc2ccccc2C)c(OCC)c1. The molecule has 2 aromatic carbocycles. The fourth-order valence-corrected chi connectivity index (χ4v) is 2.57. The first kappa shape index (κ1) is 24.4. The Kier molecular flexibility index (Phi) is 9.70.